The number of carbonyl (C=O) groups excluding carboxylic acids is 1. The van der Waals surface area contributed by atoms with E-state index in [1.54, 1.807) is 19.0 Å². The summed E-state index contributed by atoms with van der Waals surface area (Å²) in [6.07, 6.45) is 5.27. The minimum atomic E-state index is -0.546. The number of nitrogens with one attached hydrogen (secondary N) is 2. The lowest BCUT2D eigenvalue weighted by Gasteiger charge is -2.23. The summed E-state index contributed by atoms with van der Waals surface area (Å²) in [7, 11) is 3.40. The Morgan fingerprint density at radius 3 is 2.43 bits per heavy atom. The maximum atomic E-state index is 14.1. The van der Waals surface area contributed by atoms with E-state index < -0.39 is 11.6 Å². The number of carbonyl (C=O) groups is 1. The molecule has 2 aliphatic rings. The maximum absolute atomic E-state index is 14.1. The fraction of sp³-hybridized carbons (Fsp3) is 0.600. The fourth-order valence-electron chi connectivity index (χ4n) is 3.75. The van der Waals surface area contributed by atoms with Gasteiger partial charge in [-0.25, -0.2) is 13.8 Å². The van der Waals surface area contributed by atoms with Crippen LogP contribution in [0.4, 0.5) is 14.5 Å². The van der Waals surface area contributed by atoms with Crippen LogP contribution in [-0.2, 0) is 4.79 Å². The summed E-state index contributed by atoms with van der Waals surface area (Å²) < 4.78 is 28.1. The van der Waals surface area contributed by atoms with Gasteiger partial charge in [0.25, 0.3) is 0 Å². The first-order chi connectivity index (χ1) is 13.4. The Balaban J connectivity index is 1.65. The molecule has 1 aliphatic carbocycles. The molecule has 3 rings (SSSR count). The second-order valence-corrected chi connectivity index (χ2v) is 7.72. The van der Waals surface area contributed by atoms with Crippen LogP contribution in [0.15, 0.2) is 23.2 Å². The average molecular weight is 393 g/mol. The summed E-state index contributed by atoms with van der Waals surface area (Å²) in [5.41, 5.74) is 0.0248. The first kappa shape index (κ1) is 20.4. The molecule has 1 saturated heterocycles. The van der Waals surface area contributed by atoms with Gasteiger partial charge < -0.3 is 20.4 Å². The number of likely N-dealkylation sites (N-methyl/N-ethyl adjacent to an activating group) is 1. The molecule has 1 unspecified atom stereocenters. The molecule has 2 N–H and O–H groups in total. The molecule has 1 aliphatic heterocycles. The molecular weight excluding hydrogens is 364 g/mol. The molecule has 1 aromatic carbocycles. The number of aliphatic imine (C=N–C) groups is 1. The van der Waals surface area contributed by atoms with Crippen LogP contribution < -0.4 is 15.5 Å². The van der Waals surface area contributed by atoms with Crippen LogP contribution in [0.5, 0.6) is 0 Å². The minimum Gasteiger partial charge on any atom is -0.365 e. The van der Waals surface area contributed by atoms with Gasteiger partial charge in [0.1, 0.15) is 23.9 Å². The van der Waals surface area contributed by atoms with E-state index in [9.17, 15) is 13.6 Å². The maximum Gasteiger partial charge on any atom is 0.243 e. The van der Waals surface area contributed by atoms with E-state index >= 15 is 0 Å². The van der Waals surface area contributed by atoms with E-state index in [4.69, 9.17) is 0 Å². The van der Waals surface area contributed by atoms with Gasteiger partial charge in [0.05, 0.1) is 0 Å². The number of guanidine groups is 1. The summed E-state index contributed by atoms with van der Waals surface area (Å²) in [4.78, 5) is 19.6. The second-order valence-electron chi connectivity index (χ2n) is 7.72. The summed E-state index contributed by atoms with van der Waals surface area (Å²) >= 11 is 0. The molecule has 8 heteroatoms. The molecule has 0 spiro atoms. The van der Waals surface area contributed by atoms with Crippen LogP contribution in [0.2, 0.25) is 0 Å². The van der Waals surface area contributed by atoms with Crippen molar-refractivity contribution in [3.8, 4) is 0 Å². The van der Waals surface area contributed by atoms with E-state index in [-0.39, 0.29) is 24.2 Å². The third-order valence-corrected chi connectivity index (χ3v) is 5.35. The van der Waals surface area contributed by atoms with Crippen molar-refractivity contribution in [3.05, 3.63) is 29.8 Å². The Hall–Kier alpha value is -2.38. The van der Waals surface area contributed by atoms with E-state index in [1.807, 2.05) is 0 Å². The largest absolute Gasteiger partial charge is 0.365 e. The van der Waals surface area contributed by atoms with Crippen LogP contribution in [0.25, 0.3) is 0 Å². The van der Waals surface area contributed by atoms with Crippen molar-refractivity contribution in [3.63, 3.8) is 0 Å². The lowest BCUT2D eigenvalue weighted by Crippen LogP contribution is -2.48. The quantitative estimate of drug-likeness (QED) is 0.594. The zero-order valence-electron chi connectivity index (χ0n) is 16.5. The lowest BCUT2D eigenvalue weighted by atomic mass is 10.2. The van der Waals surface area contributed by atoms with E-state index in [0.717, 1.165) is 19.3 Å². The lowest BCUT2D eigenvalue weighted by molar-refractivity contribution is -0.127. The average Bonchev–Trinajstić information content (AvgIpc) is 3.31. The molecule has 1 atom stereocenters. The third kappa shape index (κ3) is 5.11. The van der Waals surface area contributed by atoms with Crippen molar-refractivity contribution in [1.82, 2.24) is 15.5 Å². The molecule has 0 radical (unpaired) electrons. The van der Waals surface area contributed by atoms with Gasteiger partial charge in [-0.05, 0) is 31.4 Å². The molecular formula is C20H29F2N5O. The Morgan fingerprint density at radius 2 is 1.79 bits per heavy atom. The van der Waals surface area contributed by atoms with Gasteiger partial charge in [0, 0.05) is 39.3 Å². The Bertz CT molecular complexity index is 698. The molecule has 1 saturated carbocycles. The molecule has 1 amide bonds. The summed E-state index contributed by atoms with van der Waals surface area (Å²) in [6, 6.07) is 4.28. The molecule has 154 valence electrons. The number of benzene rings is 1. The number of hydrogen-bond donors (Lipinski definition) is 2. The number of halogens is 2. The highest BCUT2D eigenvalue weighted by atomic mass is 19.1. The van der Waals surface area contributed by atoms with Gasteiger partial charge in [-0.1, -0.05) is 18.9 Å². The van der Waals surface area contributed by atoms with Gasteiger partial charge in [-0.15, -0.1) is 0 Å². The number of amides is 1. The third-order valence-electron chi connectivity index (χ3n) is 5.35. The van der Waals surface area contributed by atoms with Crippen molar-refractivity contribution >= 4 is 17.6 Å². The second kappa shape index (κ2) is 9.21. The highest BCUT2D eigenvalue weighted by molar-refractivity contribution is 5.85. The molecule has 1 aromatic rings. The van der Waals surface area contributed by atoms with E-state index in [0.29, 0.717) is 25.1 Å². The molecule has 6 nitrogen and oxygen atoms in total. The number of anilines is 1. The molecule has 2 fully saturated rings. The van der Waals surface area contributed by atoms with Crippen LogP contribution >= 0.6 is 0 Å². The minimum absolute atomic E-state index is 0.00103. The molecule has 1 heterocycles. The number of rotatable bonds is 5. The van der Waals surface area contributed by atoms with Crippen molar-refractivity contribution < 1.29 is 13.6 Å². The predicted molar refractivity (Wildman–Crippen MR) is 106 cm³/mol. The molecule has 0 bridgehead atoms. The number of nitrogens with zero attached hydrogens (tertiary/aromatic N) is 3. The Kier molecular flexibility index (Phi) is 6.70. The number of hydrogen-bond acceptors (Lipinski definition) is 3. The zero-order chi connectivity index (χ0) is 20.1. The van der Waals surface area contributed by atoms with Gasteiger partial charge in [0.2, 0.25) is 5.91 Å². The highest BCUT2D eigenvalue weighted by Crippen LogP contribution is 2.26. The molecule has 28 heavy (non-hydrogen) atoms. The highest BCUT2D eigenvalue weighted by Gasteiger charge is 2.28. The smallest absolute Gasteiger partial charge is 0.243 e. The van der Waals surface area contributed by atoms with Crippen LogP contribution in [0.1, 0.15) is 32.1 Å². The first-order valence-corrected chi connectivity index (χ1v) is 9.90. The van der Waals surface area contributed by atoms with Crippen LogP contribution in [-0.4, -0.2) is 62.6 Å². The van der Waals surface area contributed by atoms with E-state index in [1.165, 1.54) is 35.9 Å². The van der Waals surface area contributed by atoms with Crippen LogP contribution in [0, 0.1) is 11.6 Å². The Morgan fingerprint density at radius 1 is 1.14 bits per heavy atom. The van der Waals surface area contributed by atoms with Crippen molar-refractivity contribution in [1.29, 1.82) is 0 Å². The van der Waals surface area contributed by atoms with Gasteiger partial charge in [-0.3, -0.25) is 4.79 Å². The Labute approximate surface area is 165 Å². The van der Waals surface area contributed by atoms with Gasteiger partial charge in [-0.2, -0.15) is 0 Å². The standard InChI is InChI=1S/C20H29F2N5O/c1-26(2)18(28)12-23-20(24-14-6-3-4-7-14)25-15-10-11-27(13-15)19-16(21)8-5-9-17(19)22/h5,8-9,14-15H,3-4,6-7,10-13H2,1-2H3,(H2,23,24,25). The number of para-hydroxylation sites is 1. The molecule has 0 aromatic heterocycles. The topological polar surface area (TPSA) is 60.0 Å². The zero-order valence-corrected chi connectivity index (χ0v) is 16.5. The summed E-state index contributed by atoms with van der Waals surface area (Å²) in [6.45, 7) is 1.10. The monoisotopic (exact) mass is 393 g/mol. The van der Waals surface area contributed by atoms with Crippen LogP contribution in [0.3, 0.4) is 0 Å². The normalized spacial score (nSPS) is 20.5. The van der Waals surface area contributed by atoms with Crippen molar-refractivity contribution in [2.75, 3.05) is 38.6 Å². The summed E-state index contributed by atoms with van der Waals surface area (Å²) in [5.74, 6) is -0.567. The fourth-order valence-corrected chi connectivity index (χ4v) is 3.75. The van der Waals surface area contributed by atoms with Crippen molar-refractivity contribution in [2.45, 2.75) is 44.2 Å². The first-order valence-electron chi connectivity index (χ1n) is 9.90. The van der Waals surface area contributed by atoms with Gasteiger partial charge >= 0.3 is 0 Å². The SMILES string of the molecule is CN(C)C(=O)CN=C(NC1CCCC1)NC1CCN(c2c(F)cccc2F)C1. The summed E-state index contributed by atoms with van der Waals surface area (Å²) in [5, 5.41) is 6.77. The van der Waals surface area contributed by atoms with Crippen molar-refractivity contribution in [2.24, 2.45) is 4.99 Å². The predicted octanol–water partition coefficient (Wildman–Crippen LogP) is 2.11. The van der Waals surface area contributed by atoms with Gasteiger partial charge in [0.15, 0.2) is 5.96 Å². The van der Waals surface area contributed by atoms with E-state index in [2.05, 4.69) is 15.6 Å².